The highest BCUT2D eigenvalue weighted by Crippen LogP contribution is 2.40. The van der Waals surface area contributed by atoms with Crippen molar-refractivity contribution in [1.29, 1.82) is 0 Å². The predicted molar refractivity (Wildman–Crippen MR) is 60.0 cm³/mol. The van der Waals surface area contributed by atoms with Crippen molar-refractivity contribution in [2.45, 2.75) is 58.9 Å². The zero-order chi connectivity index (χ0) is 10.6. The topological polar surface area (TPSA) is 21.3 Å². The van der Waals surface area contributed by atoms with Crippen LogP contribution in [-0.4, -0.2) is 13.2 Å². The molecule has 0 spiro atoms. The van der Waals surface area contributed by atoms with E-state index < -0.39 is 0 Å². The minimum atomic E-state index is 0.526. The van der Waals surface area contributed by atoms with Crippen LogP contribution in [-0.2, 0) is 4.84 Å². The van der Waals surface area contributed by atoms with Crippen molar-refractivity contribution in [1.82, 2.24) is 5.48 Å². The van der Waals surface area contributed by atoms with Crippen molar-refractivity contribution >= 4 is 0 Å². The highest BCUT2D eigenvalue weighted by Gasteiger charge is 2.31. The Bertz CT molecular complexity index is 160. The maximum absolute atomic E-state index is 4.98. The van der Waals surface area contributed by atoms with E-state index in [9.17, 15) is 0 Å². The number of hydrogen-bond donors (Lipinski definition) is 1. The zero-order valence-corrected chi connectivity index (χ0v) is 10.1. The van der Waals surface area contributed by atoms with Gasteiger partial charge in [-0.05, 0) is 37.0 Å². The van der Waals surface area contributed by atoms with Gasteiger partial charge in [0.1, 0.15) is 0 Å². The third kappa shape index (κ3) is 2.96. The summed E-state index contributed by atoms with van der Waals surface area (Å²) in [5.41, 5.74) is 3.60. The molecule has 1 aliphatic rings. The number of rotatable bonds is 4. The van der Waals surface area contributed by atoms with E-state index in [0.717, 1.165) is 5.92 Å². The number of hydrogen-bond acceptors (Lipinski definition) is 2. The van der Waals surface area contributed by atoms with Gasteiger partial charge in [-0.1, -0.05) is 27.2 Å². The second-order valence-corrected chi connectivity index (χ2v) is 5.21. The highest BCUT2D eigenvalue weighted by molar-refractivity contribution is 4.83. The molecule has 14 heavy (non-hydrogen) atoms. The quantitative estimate of drug-likeness (QED) is 0.702. The van der Waals surface area contributed by atoms with Gasteiger partial charge in [0.2, 0.25) is 0 Å². The second kappa shape index (κ2) is 5.13. The lowest BCUT2D eigenvalue weighted by Gasteiger charge is -2.38. The van der Waals surface area contributed by atoms with Gasteiger partial charge >= 0.3 is 0 Å². The van der Waals surface area contributed by atoms with E-state index >= 15 is 0 Å². The minimum absolute atomic E-state index is 0.526. The van der Waals surface area contributed by atoms with Crippen LogP contribution in [0.15, 0.2) is 0 Å². The summed E-state index contributed by atoms with van der Waals surface area (Å²) in [6, 6.07) is 0.587. The van der Waals surface area contributed by atoms with Crippen LogP contribution in [0, 0.1) is 11.3 Å². The van der Waals surface area contributed by atoms with Crippen LogP contribution in [0.25, 0.3) is 0 Å². The molecule has 1 saturated carbocycles. The highest BCUT2D eigenvalue weighted by atomic mass is 16.6. The van der Waals surface area contributed by atoms with Crippen LogP contribution in [0.2, 0.25) is 0 Å². The smallest absolute Gasteiger partial charge is 0.0572 e. The van der Waals surface area contributed by atoms with Crippen LogP contribution < -0.4 is 5.48 Å². The Labute approximate surface area is 88.4 Å². The van der Waals surface area contributed by atoms with E-state index in [4.69, 9.17) is 4.84 Å². The molecule has 0 aromatic heterocycles. The Hall–Kier alpha value is -0.0800. The lowest BCUT2D eigenvalue weighted by atomic mass is 9.69. The molecule has 1 aliphatic carbocycles. The van der Waals surface area contributed by atoms with E-state index in [1.165, 1.54) is 32.1 Å². The average Bonchev–Trinajstić information content (AvgIpc) is 2.19. The van der Waals surface area contributed by atoms with Crippen molar-refractivity contribution in [3.8, 4) is 0 Å². The summed E-state index contributed by atoms with van der Waals surface area (Å²) in [7, 11) is 1.71. The van der Waals surface area contributed by atoms with Crippen LogP contribution in [0.1, 0.15) is 52.9 Å². The standard InChI is InChI=1S/C12H25NO/c1-5-12(2,3)10-6-8-11(9-7-10)13-14-4/h10-11,13H,5-9H2,1-4H3. The first-order valence-electron chi connectivity index (χ1n) is 5.88. The fourth-order valence-electron chi connectivity index (χ4n) is 2.45. The molecule has 84 valence electrons. The third-order valence-electron chi connectivity index (χ3n) is 4.03. The molecular weight excluding hydrogens is 174 g/mol. The van der Waals surface area contributed by atoms with E-state index in [1.54, 1.807) is 7.11 Å². The molecule has 2 heteroatoms. The van der Waals surface area contributed by atoms with Gasteiger partial charge in [-0.2, -0.15) is 5.48 Å². The van der Waals surface area contributed by atoms with Crippen molar-refractivity contribution in [3.05, 3.63) is 0 Å². The summed E-state index contributed by atoms with van der Waals surface area (Å²) in [5.74, 6) is 0.905. The van der Waals surface area contributed by atoms with Gasteiger partial charge in [0.25, 0.3) is 0 Å². The molecule has 1 fully saturated rings. The largest absolute Gasteiger partial charge is 0.305 e. The monoisotopic (exact) mass is 199 g/mol. The molecule has 0 aromatic rings. The van der Waals surface area contributed by atoms with E-state index in [0.29, 0.717) is 11.5 Å². The van der Waals surface area contributed by atoms with E-state index in [-0.39, 0.29) is 0 Å². The number of nitrogens with one attached hydrogen (secondary N) is 1. The Balaban J connectivity index is 2.35. The summed E-state index contributed by atoms with van der Waals surface area (Å²) in [6.45, 7) is 7.11. The molecule has 0 aromatic carbocycles. The average molecular weight is 199 g/mol. The Morgan fingerprint density at radius 1 is 1.21 bits per heavy atom. The molecule has 1 rings (SSSR count). The molecule has 2 nitrogen and oxygen atoms in total. The molecule has 0 aliphatic heterocycles. The predicted octanol–water partition coefficient (Wildman–Crippen LogP) is 3.13. The number of hydroxylamine groups is 1. The van der Waals surface area contributed by atoms with Gasteiger partial charge in [0.15, 0.2) is 0 Å². The van der Waals surface area contributed by atoms with Gasteiger partial charge in [0.05, 0.1) is 7.11 Å². The SMILES string of the molecule is CCC(C)(C)C1CCC(NOC)CC1. The molecule has 0 saturated heterocycles. The van der Waals surface area contributed by atoms with Crippen molar-refractivity contribution in [2.75, 3.05) is 7.11 Å². The Morgan fingerprint density at radius 3 is 2.21 bits per heavy atom. The van der Waals surface area contributed by atoms with Crippen LogP contribution in [0.5, 0.6) is 0 Å². The van der Waals surface area contributed by atoms with E-state index in [2.05, 4.69) is 26.3 Å². The van der Waals surface area contributed by atoms with Crippen LogP contribution in [0.4, 0.5) is 0 Å². The van der Waals surface area contributed by atoms with Gasteiger partial charge in [-0.3, -0.25) is 0 Å². The van der Waals surface area contributed by atoms with E-state index in [1.807, 2.05) is 0 Å². The van der Waals surface area contributed by atoms with Gasteiger partial charge in [-0.25, -0.2) is 0 Å². The maximum atomic E-state index is 4.98. The molecule has 0 atom stereocenters. The molecule has 0 unspecified atom stereocenters. The molecule has 0 amide bonds. The van der Waals surface area contributed by atoms with Crippen molar-refractivity contribution in [3.63, 3.8) is 0 Å². The molecule has 1 N–H and O–H groups in total. The fourth-order valence-corrected chi connectivity index (χ4v) is 2.45. The minimum Gasteiger partial charge on any atom is -0.305 e. The third-order valence-corrected chi connectivity index (χ3v) is 4.03. The fraction of sp³-hybridized carbons (Fsp3) is 1.00. The first-order chi connectivity index (χ1) is 6.60. The first-order valence-corrected chi connectivity index (χ1v) is 5.88. The van der Waals surface area contributed by atoms with Crippen molar-refractivity contribution in [2.24, 2.45) is 11.3 Å². The van der Waals surface area contributed by atoms with Crippen molar-refractivity contribution < 1.29 is 4.84 Å². The van der Waals surface area contributed by atoms with Gasteiger partial charge < -0.3 is 4.84 Å². The Morgan fingerprint density at radius 2 is 1.79 bits per heavy atom. The summed E-state index contributed by atoms with van der Waals surface area (Å²) in [5, 5.41) is 0. The Kier molecular flexibility index (Phi) is 4.39. The normalized spacial score (nSPS) is 29.1. The van der Waals surface area contributed by atoms with Gasteiger partial charge in [-0.15, -0.1) is 0 Å². The molecule has 0 heterocycles. The zero-order valence-electron chi connectivity index (χ0n) is 10.1. The summed E-state index contributed by atoms with van der Waals surface area (Å²) >= 11 is 0. The summed E-state index contributed by atoms with van der Waals surface area (Å²) in [6.07, 6.45) is 6.52. The molecule has 0 bridgehead atoms. The lowest BCUT2D eigenvalue weighted by molar-refractivity contribution is 0.0306. The summed E-state index contributed by atoms with van der Waals surface area (Å²) in [4.78, 5) is 4.98. The first kappa shape index (κ1) is 12.0. The summed E-state index contributed by atoms with van der Waals surface area (Å²) < 4.78 is 0. The second-order valence-electron chi connectivity index (χ2n) is 5.21. The lowest BCUT2D eigenvalue weighted by Crippen LogP contribution is -2.36. The molecular formula is C12H25NO. The molecule has 0 radical (unpaired) electrons. The maximum Gasteiger partial charge on any atom is 0.0572 e. The van der Waals surface area contributed by atoms with Crippen LogP contribution >= 0.6 is 0 Å². The van der Waals surface area contributed by atoms with Crippen LogP contribution in [0.3, 0.4) is 0 Å². The van der Waals surface area contributed by atoms with Gasteiger partial charge in [0, 0.05) is 6.04 Å².